The zero-order chi connectivity index (χ0) is 4.50. The fourth-order valence-corrected chi connectivity index (χ4v) is 0. The van der Waals surface area contributed by atoms with Crippen molar-refractivity contribution in [2.45, 2.75) is 0 Å². The van der Waals surface area contributed by atoms with Crippen LogP contribution in [0.3, 0.4) is 0 Å². The number of halogens is 4. The summed E-state index contributed by atoms with van der Waals surface area (Å²) in [6.07, 6.45) is 0. The summed E-state index contributed by atoms with van der Waals surface area (Å²) in [5.41, 5.74) is 0. The van der Waals surface area contributed by atoms with Crippen molar-refractivity contribution in [3.05, 3.63) is 0 Å². The van der Waals surface area contributed by atoms with Gasteiger partial charge >= 0.3 is 152 Å². The van der Waals surface area contributed by atoms with Crippen LogP contribution in [0.5, 0.6) is 0 Å². The van der Waals surface area contributed by atoms with E-state index in [0.29, 0.717) is 0 Å². The SMILES string of the molecule is [Cl][Zn-2]([Cl])([Cl])[Cl].[K+].[K+]. The van der Waals surface area contributed by atoms with E-state index in [1.54, 1.807) is 0 Å². The quantitative estimate of drug-likeness (QED) is 0.411. The molecule has 0 saturated carbocycles. The molecule has 0 aromatic rings. The van der Waals surface area contributed by atoms with Gasteiger partial charge in [0, 0.05) is 0 Å². The number of hydrogen-bond acceptors (Lipinski definition) is 0. The van der Waals surface area contributed by atoms with Crippen molar-refractivity contribution in [3.63, 3.8) is 0 Å². The first-order chi connectivity index (χ1) is 2.00. The van der Waals surface area contributed by atoms with Gasteiger partial charge in [0.05, 0.1) is 0 Å². The average molecular weight is 285 g/mol. The van der Waals surface area contributed by atoms with Crippen molar-refractivity contribution < 1.29 is 114 Å². The molecule has 0 rings (SSSR count). The molecule has 0 nitrogen and oxygen atoms in total. The Morgan fingerprint density at radius 2 is 0.714 bits per heavy atom. The first-order valence-corrected chi connectivity index (χ1v) is 16.7. The Morgan fingerprint density at radius 1 is 0.714 bits per heavy atom. The summed E-state index contributed by atoms with van der Waals surface area (Å²) < 4.78 is 0. The first kappa shape index (κ1) is 18.0. The van der Waals surface area contributed by atoms with Gasteiger partial charge in [-0.2, -0.15) is 0 Å². The number of rotatable bonds is 0. The molecule has 0 atom stereocenters. The summed E-state index contributed by atoms with van der Waals surface area (Å²) in [6.45, 7) is 0. The monoisotopic (exact) mass is 282 g/mol. The van der Waals surface area contributed by atoms with Crippen LogP contribution in [0.4, 0.5) is 0 Å². The van der Waals surface area contributed by atoms with Crippen LogP contribution < -0.4 is 103 Å². The Balaban J connectivity index is -0.0000000800. The van der Waals surface area contributed by atoms with Crippen LogP contribution in [0.2, 0.25) is 0 Å². The van der Waals surface area contributed by atoms with Gasteiger partial charge in [-0.25, -0.2) is 0 Å². The van der Waals surface area contributed by atoms with Crippen LogP contribution in [0.25, 0.3) is 0 Å². The van der Waals surface area contributed by atoms with E-state index in [2.05, 4.69) is 0 Å². The van der Waals surface area contributed by atoms with Crippen LogP contribution in [0, 0.1) is 0 Å². The van der Waals surface area contributed by atoms with Gasteiger partial charge in [-0.15, -0.1) is 0 Å². The third-order valence-electron chi connectivity index (χ3n) is 0. The molecule has 0 aliphatic rings. The topological polar surface area (TPSA) is 0 Å². The third kappa shape index (κ3) is 35.5. The van der Waals surface area contributed by atoms with E-state index in [1.807, 2.05) is 0 Å². The van der Waals surface area contributed by atoms with Crippen molar-refractivity contribution in [1.29, 1.82) is 0 Å². The second kappa shape index (κ2) is 9.15. The second-order valence-corrected chi connectivity index (χ2v) is 28.3. The predicted octanol–water partition coefficient (Wildman–Crippen LogP) is -3.24. The van der Waals surface area contributed by atoms with Gasteiger partial charge in [-0.05, 0) is 0 Å². The van der Waals surface area contributed by atoms with Gasteiger partial charge in [-0.3, -0.25) is 0 Å². The van der Waals surface area contributed by atoms with Gasteiger partial charge in [0.1, 0.15) is 0 Å². The van der Waals surface area contributed by atoms with E-state index in [1.165, 1.54) is 0 Å². The van der Waals surface area contributed by atoms with Crippen LogP contribution in [0.15, 0.2) is 0 Å². The molecular weight excluding hydrogens is 285 g/mol. The van der Waals surface area contributed by atoms with Gasteiger partial charge in [0.15, 0.2) is 0 Å². The molecule has 0 aromatic heterocycles. The van der Waals surface area contributed by atoms with Gasteiger partial charge in [0.25, 0.3) is 0 Å². The summed E-state index contributed by atoms with van der Waals surface area (Å²) >= 11 is 0. The number of hydrogen-bond donors (Lipinski definition) is 0. The first-order valence-electron chi connectivity index (χ1n) is 1.07. The van der Waals surface area contributed by atoms with Crippen LogP contribution >= 0.6 is 38.8 Å². The maximum atomic E-state index is 5.05. The molecule has 7 heavy (non-hydrogen) atoms. The molecule has 0 bridgehead atoms. The summed E-state index contributed by atoms with van der Waals surface area (Å²) in [5, 5.41) is 0. The van der Waals surface area contributed by atoms with Crippen LogP contribution in [-0.2, 0) is 10.8 Å². The second-order valence-electron chi connectivity index (χ2n) is 0.606. The predicted molar refractivity (Wildman–Crippen MR) is 23.4 cm³/mol. The Hall–Kier alpha value is 5.06. The van der Waals surface area contributed by atoms with Gasteiger partial charge < -0.3 is 0 Å². The van der Waals surface area contributed by atoms with E-state index < -0.39 is 10.8 Å². The molecular formula is Cl4K2Zn. The molecule has 0 N–H and O–H groups in total. The molecule has 0 spiro atoms. The largest absolute Gasteiger partial charge is 1.00 e. The normalized spacial score (nSPS) is 8.57. The Morgan fingerprint density at radius 3 is 0.714 bits per heavy atom. The third-order valence-corrected chi connectivity index (χ3v) is 0. The molecule has 0 fully saturated rings. The standard InChI is InChI=1S/4ClH.2K.Zn/h4*1H;;;/q;;;;2*+1;+2/p-4. The zero-order valence-electron chi connectivity index (χ0n) is 4.22. The van der Waals surface area contributed by atoms with Crippen LogP contribution in [0.1, 0.15) is 0 Å². The minimum Gasteiger partial charge on any atom is 1.00 e. The fraction of sp³-hybridized carbons (Fsp3) is 0. The molecule has 0 amide bonds. The minimum absolute atomic E-state index is 0. The zero-order valence-corrected chi connectivity index (χ0v) is 16.5. The maximum absolute atomic E-state index is 5.05. The van der Waals surface area contributed by atoms with Crippen molar-refractivity contribution in [2.75, 3.05) is 0 Å². The Labute approximate surface area is 147 Å². The summed E-state index contributed by atoms with van der Waals surface area (Å²) in [4.78, 5) is 0. The summed E-state index contributed by atoms with van der Waals surface area (Å²) in [6, 6.07) is 0. The molecule has 0 unspecified atom stereocenters. The van der Waals surface area contributed by atoms with E-state index in [4.69, 9.17) is 38.8 Å². The molecule has 7 heteroatoms. The van der Waals surface area contributed by atoms with E-state index >= 15 is 0 Å². The molecule has 0 aliphatic carbocycles. The van der Waals surface area contributed by atoms with E-state index in [0.717, 1.165) is 0 Å². The summed E-state index contributed by atoms with van der Waals surface area (Å²) in [5.74, 6) is 0. The maximum Gasteiger partial charge on any atom is 1.00 e. The Bertz CT molecular complexity index is 25.2. The molecule has 0 aromatic carbocycles. The van der Waals surface area contributed by atoms with Crippen molar-refractivity contribution >= 4 is 38.8 Å². The van der Waals surface area contributed by atoms with E-state index in [-0.39, 0.29) is 103 Å². The van der Waals surface area contributed by atoms with Crippen molar-refractivity contribution in [2.24, 2.45) is 0 Å². The molecule has 32 valence electrons. The van der Waals surface area contributed by atoms with E-state index in [9.17, 15) is 0 Å². The smallest absolute Gasteiger partial charge is 1.00 e. The summed E-state index contributed by atoms with van der Waals surface area (Å²) in [7, 11) is 16.8. The van der Waals surface area contributed by atoms with Gasteiger partial charge in [0.2, 0.25) is 0 Å². The van der Waals surface area contributed by atoms with Crippen molar-refractivity contribution in [1.82, 2.24) is 0 Å². The molecule has 0 radical (unpaired) electrons. The Kier molecular flexibility index (Phi) is 23.5. The van der Waals surface area contributed by atoms with Crippen LogP contribution in [-0.4, -0.2) is 0 Å². The average Bonchev–Trinajstić information content (AvgIpc) is 0.722. The molecule has 0 saturated heterocycles. The van der Waals surface area contributed by atoms with Crippen molar-refractivity contribution in [3.8, 4) is 0 Å². The molecule has 0 aliphatic heterocycles. The minimum atomic E-state index is -3.36. The van der Waals surface area contributed by atoms with Gasteiger partial charge in [-0.1, -0.05) is 0 Å². The fourth-order valence-electron chi connectivity index (χ4n) is 0. The molecule has 0 heterocycles.